The third-order valence-corrected chi connectivity index (χ3v) is 5.53. The quantitative estimate of drug-likeness (QED) is 0.606. The van der Waals surface area contributed by atoms with E-state index < -0.39 is 39.2 Å². The number of benzene rings is 1. The maximum Gasteiger partial charge on any atom is 0.303 e. The Bertz CT molecular complexity index is 959. The highest BCUT2D eigenvalue weighted by molar-refractivity contribution is 7.93. The van der Waals surface area contributed by atoms with Gasteiger partial charge in [0.25, 0.3) is 0 Å². The van der Waals surface area contributed by atoms with Crippen LogP contribution in [0.3, 0.4) is 0 Å². The van der Waals surface area contributed by atoms with Gasteiger partial charge in [-0.25, -0.2) is 26.6 Å². The van der Waals surface area contributed by atoms with Crippen molar-refractivity contribution >= 4 is 38.5 Å². The number of carboxylic acid groups (broad SMARTS) is 1. The van der Waals surface area contributed by atoms with Gasteiger partial charge in [-0.3, -0.25) is 9.52 Å². The van der Waals surface area contributed by atoms with Gasteiger partial charge < -0.3 is 5.11 Å². The number of aliphatic carboxylic acids is 1. The van der Waals surface area contributed by atoms with Crippen LogP contribution < -0.4 is 4.72 Å². The molecule has 0 saturated carbocycles. The standard InChI is InChI=1S/C16H15F3N2O4S2/c17-12-7-6-10(14(18)15(12)19)3-2-8-27(24,25)21-16-20-9-11(26-16)4-1-5-13(22)23/h2-3,6-7,9H,1,4-5,8H2,(H,20,21)(H,22,23). The monoisotopic (exact) mass is 420 g/mol. The second kappa shape index (κ2) is 9.00. The summed E-state index contributed by atoms with van der Waals surface area (Å²) in [6.07, 6.45) is 4.46. The number of anilines is 1. The van der Waals surface area contributed by atoms with Crippen LogP contribution in [0.4, 0.5) is 18.3 Å². The lowest BCUT2D eigenvalue weighted by Gasteiger charge is -2.02. The fourth-order valence-electron chi connectivity index (χ4n) is 2.03. The van der Waals surface area contributed by atoms with E-state index in [0.717, 1.165) is 40.5 Å². The Morgan fingerprint density at radius 1 is 1.26 bits per heavy atom. The van der Waals surface area contributed by atoms with Gasteiger partial charge in [-0.15, -0.1) is 11.3 Å². The molecule has 0 aliphatic heterocycles. The van der Waals surface area contributed by atoms with Gasteiger partial charge in [0.1, 0.15) is 0 Å². The normalized spacial score (nSPS) is 11.8. The maximum atomic E-state index is 13.5. The van der Waals surface area contributed by atoms with E-state index >= 15 is 0 Å². The first kappa shape index (κ1) is 20.9. The number of rotatable bonds is 9. The van der Waals surface area contributed by atoms with Crippen LogP contribution in [0, 0.1) is 17.5 Å². The molecular formula is C16H15F3N2O4S2. The summed E-state index contributed by atoms with van der Waals surface area (Å²) in [6, 6.07) is 1.74. The summed E-state index contributed by atoms with van der Waals surface area (Å²) in [5, 5.41) is 8.71. The fourth-order valence-corrected chi connectivity index (χ4v) is 4.03. The van der Waals surface area contributed by atoms with Crippen LogP contribution in [-0.2, 0) is 21.2 Å². The van der Waals surface area contributed by atoms with E-state index in [4.69, 9.17) is 5.11 Å². The van der Waals surface area contributed by atoms with Crippen LogP contribution in [-0.4, -0.2) is 30.2 Å². The lowest BCUT2D eigenvalue weighted by atomic mass is 10.2. The summed E-state index contributed by atoms with van der Waals surface area (Å²) in [7, 11) is -3.83. The number of hydrogen-bond acceptors (Lipinski definition) is 5. The van der Waals surface area contributed by atoms with Crippen molar-refractivity contribution < 1.29 is 31.5 Å². The van der Waals surface area contributed by atoms with Gasteiger partial charge in [0.15, 0.2) is 22.6 Å². The average molecular weight is 420 g/mol. The Morgan fingerprint density at radius 3 is 2.70 bits per heavy atom. The molecule has 1 aromatic carbocycles. The number of aromatic nitrogens is 1. The zero-order valence-electron chi connectivity index (χ0n) is 13.8. The van der Waals surface area contributed by atoms with Crippen LogP contribution in [0.5, 0.6) is 0 Å². The lowest BCUT2D eigenvalue weighted by Crippen LogP contribution is -2.15. The molecule has 27 heavy (non-hydrogen) atoms. The van der Waals surface area contributed by atoms with Gasteiger partial charge >= 0.3 is 5.97 Å². The fraction of sp³-hybridized carbons (Fsp3) is 0.250. The zero-order valence-corrected chi connectivity index (χ0v) is 15.4. The van der Waals surface area contributed by atoms with Gasteiger partial charge in [0.2, 0.25) is 10.0 Å². The Morgan fingerprint density at radius 2 is 2.00 bits per heavy atom. The summed E-state index contributed by atoms with van der Waals surface area (Å²) >= 11 is 1.08. The van der Waals surface area contributed by atoms with Crippen molar-refractivity contribution in [3.63, 3.8) is 0 Å². The number of halogens is 3. The number of nitrogens with zero attached hydrogens (tertiary/aromatic N) is 1. The molecule has 0 aliphatic rings. The van der Waals surface area contributed by atoms with E-state index in [1.54, 1.807) is 0 Å². The zero-order chi connectivity index (χ0) is 20.0. The number of thiazole rings is 1. The van der Waals surface area contributed by atoms with Gasteiger partial charge in [0.05, 0.1) is 5.75 Å². The molecule has 0 amide bonds. The van der Waals surface area contributed by atoms with E-state index in [9.17, 15) is 26.4 Å². The minimum atomic E-state index is -3.83. The van der Waals surface area contributed by atoms with Gasteiger partial charge in [0, 0.05) is 23.1 Å². The molecule has 1 heterocycles. The highest BCUT2D eigenvalue weighted by Gasteiger charge is 2.14. The molecule has 0 saturated heterocycles. The Hall–Kier alpha value is -2.40. The number of hydrogen-bond donors (Lipinski definition) is 2. The van der Waals surface area contributed by atoms with Crippen molar-refractivity contribution in [1.29, 1.82) is 0 Å². The number of aryl methyl sites for hydroxylation is 1. The predicted octanol–water partition coefficient (Wildman–Crippen LogP) is 3.42. The summed E-state index contributed by atoms with van der Waals surface area (Å²) in [5.41, 5.74) is -0.279. The largest absolute Gasteiger partial charge is 0.481 e. The SMILES string of the molecule is O=C(O)CCCc1cnc(NS(=O)(=O)CC=Cc2ccc(F)c(F)c2F)s1. The van der Waals surface area contributed by atoms with E-state index in [-0.39, 0.29) is 17.1 Å². The van der Waals surface area contributed by atoms with E-state index in [2.05, 4.69) is 9.71 Å². The first-order valence-electron chi connectivity index (χ1n) is 7.65. The third kappa shape index (κ3) is 6.36. The molecule has 0 fully saturated rings. The molecule has 2 N–H and O–H groups in total. The number of nitrogens with one attached hydrogen (secondary N) is 1. The lowest BCUT2D eigenvalue weighted by molar-refractivity contribution is -0.137. The first-order chi connectivity index (χ1) is 12.7. The highest BCUT2D eigenvalue weighted by Crippen LogP contribution is 2.21. The molecule has 0 spiro atoms. The van der Waals surface area contributed by atoms with Gasteiger partial charge in [-0.05, 0) is 25.0 Å². The summed E-state index contributed by atoms with van der Waals surface area (Å²) in [5.74, 6) is -5.80. The minimum absolute atomic E-state index is 0.00426. The number of sulfonamides is 1. The molecule has 0 radical (unpaired) electrons. The van der Waals surface area contributed by atoms with Crippen molar-refractivity contribution in [2.24, 2.45) is 0 Å². The van der Waals surface area contributed by atoms with Crippen molar-refractivity contribution in [1.82, 2.24) is 4.98 Å². The van der Waals surface area contributed by atoms with Crippen molar-refractivity contribution in [2.45, 2.75) is 19.3 Å². The van der Waals surface area contributed by atoms with Crippen molar-refractivity contribution in [3.8, 4) is 0 Å². The van der Waals surface area contributed by atoms with Crippen LogP contribution in [0.2, 0.25) is 0 Å². The van der Waals surface area contributed by atoms with Crippen molar-refractivity contribution in [2.75, 3.05) is 10.5 Å². The van der Waals surface area contributed by atoms with Gasteiger partial charge in [-0.2, -0.15) is 0 Å². The summed E-state index contributed by atoms with van der Waals surface area (Å²) in [6.45, 7) is 0. The van der Waals surface area contributed by atoms with Gasteiger partial charge in [-0.1, -0.05) is 12.2 Å². The summed E-state index contributed by atoms with van der Waals surface area (Å²) in [4.78, 5) is 15.1. The van der Waals surface area contributed by atoms with Crippen LogP contribution in [0.1, 0.15) is 23.3 Å². The second-order valence-corrected chi connectivity index (χ2v) is 8.31. The molecule has 0 aliphatic carbocycles. The van der Waals surface area contributed by atoms with E-state index in [1.807, 2.05) is 0 Å². The van der Waals surface area contributed by atoms with Crippen LogP contribution >= 0.6 is 11.3 Å². The Kier molecular flexibility index (Phi) is 6.97. The molecule has 146 valence electrons. The van der Waals surface area contributed by atoms with Crippen LogP contribution in [0.15, 0.2) is 24.4 Å². The smallest absolute Gasteiger partial charge is 0.303 e. The molecular weight excluding hydrogens is 405 g/mol. The van der Waals surface area contributed by atoms with E-state index in [0.29, 0.717) is 12.8 Å². The first-order valence-corrected chi connectivity index (χ1v) is 10.1. The molecule has 1 aromatic heterocycles. The minimum Gasteiger partial charge on any atom is -0.481 e. The summed E-state index contributed by atoms with van der Waals surface area (Å²) < 4.78 is 65.7. The van der Waals surface area contributed by atoms with Crippen LogP contribution in [0.25, 0.3) is 6.08 Å². The molecule has 2 rings (SSSR count). The predicted molar refractivity (Wildman–Crippen MR) is 95.4 cm³/mol. The average Bonchev–Trinajstić information content (AvgIpc) is 3.01. The van der Waals surface area contributed by atoms with E-state index in [1.165, 1.54) is 6.20 Å². The molecule has 0 bridgehead atoms. The third-order valence-electron chi connectivity index (χ3n) is 3.29. The van der Waals surface area contributed by atoms with Crippen molar-refractivity contribution in [3.05, 3.63) is 52.3 Å². The maximum absolute atomic E-state index is 13.5. The highest BCUT2D eigenvalue weighted by atomic mass is 32.2. The molecule has 0 unspecified atom stereocenters. The molecule has 2 aromatic rings. The number of carbonyl (C=O) groups is 1. The molecule has 11 heteroatoms. The second-order valence-electron chi connectivity index (χ2n) is 5.43. The molecule has 0 atom stereocenters. The topological polar surface area (TPSA) is 96.4 Å². The Balaban J connectivity index is 1.94. The Labute approximate surface area is 157 Å². The molecule has 6 nitrogen and oxygen atoms in total. The number of carboxylic acids is 1.